The van der Waals surface area contributed by atoms with Crippen LogP contribution in [0.4, 0.5) is 5.82 Å². The van der Waals surface area contributed by atoms with Gasteiger partial charge in [-0.25, -0.2) is 4.98 Å². The third-order valence-corrected chi connectivity index (χ3v) is 8.12. The van der Waals surface area contributed by atoms with Gasteiger partial charge in [0.25, 0.3) is 11.5 Å². The minimum atomic E-state index is -0.200. The number of rotatable bonds is 4. The third-order valence-electron chi connectivity index (χ3n) is 6.74. The number of hydrogen-bond acceptors (Lipinski definition) is 7. The molecule has 6 rings (SSSR count). The number of benzene rings is 1. The molecule has 2 fully saturated rings. The lowest BCUT2D eigenvalue weighted by Crippen LogP contribution is -2.35. The Kier molecular flexibility index (Phi) is 5.91. The van der Waals surface area contributed by atoms with Gasteiger partial charge in [-0.2, -0.15) is 0 Å². The van der Waals surface area contributed by atoms with E-state index >= 15 is 0 Å². The quantitative estimate of drug-likeness (QED) is 0.397. The van der Waals surface area contributed by atoms with Gasteiger partial charge in [-0.3, -0.25) is 18.9 Å². The van der Waals surface area contributed by atoms with Crippen LogP contribution in [0.25, 0.3) is 11.7 Å². The first-order valence-corrected chi connectivity index (χ1v) is 13.0. The van der Waals surface area contributed by atoms with E-state index in [4.69, 9.17) is 21.9 Å². The van der Waals surface area contributed by atoms with Gasteiger partial charge in [0, 0.05) is 25.9 Å². The van der Waals surface area contributed by atoms with Crippen molar-refractivity contribution in [3.63, 3.8) is 0 Å². The van der Waals surface area contributed by atoms with Gasteiger partial charge in [-0.1, -0.05) is 54.3 Å². The highest BCUT2D eigenvalue weighted by atomic mass is 32.2. The molecule has 5 heterocycles. The highest BCUT2D eigenvalue weighted by Gasteiger charge is 2.35. The Balaban J connectivity index is 1.41. The standard InChI is InChI=1S/C26H24N4O3S2/c31-24-20(14-21-25(32)30(26(34)35-21)16-19-8-5-13-33-19)23(27-22-9-3-4-11-29(22)24)28-12-10-17-6-1-2-7-18(17)15-28/h1-4,6-7,9,11,14,19H,5,8,10,12-13,15-16H2/b21-14+/t19-/m0/s1. The Morgan fingerprint density at radius 2 is 1.97 bits per heavy atom. The number of hydrogen-bond donors (Lipinski definition) is 0. The lowest BCUT2D eigenvalue weighted by Gasteiger charge is -2.30. The number of carbonyl (C=O) groups is 1. The molecule has 0 N–H and O–H groups in total. The topological polar surface area (TPSA) is 67.2 Å². The maximum Gasteiger partial charge on any atom is 0.267 e. The van der Waals surface area contributed by atoms with Crippen LogP contribution in [0.3, 0.4) is 0 Å². The van der Waals surface area contributed by atoms with Gasteiger partial charge >= 0.3 is 0 Å². The van der Waals surface area contributed by atoms with E-state index in [1.165, 1.54) is 27.3 Å². The van der Waals surface area contributed by atoms with Crippen molar-refractivity contribution in [1.29, 1.82) is 0 Å². The highest BCUT2D eigenvalue weighted by molar-refractivity contribution is 8.26. The number of nitrogens with zero attached hydrogens (tertiary/aromatic N) is 4. The lowest BCUT2D eigenvalue weighted by atomic mass is 9.99. The van der Waals surface area contributed by atoms with E-state index in [0.717, 1.165) is 32.4 Å². The third kappa shape index (κ3) is 4.17. The van der Waals surface area contributed by atoms with Crippen molar-refractivity contribution in [3.05, 3.63) is 80.6 Å². The number of fused-ring (bicyclic) bond motifs is 2. The van der Waals surface area contributed by atoms with E-state index in [1.807, 2.05) is 18.2 Å². The van der Waals surface area contributed by atoms with Crippen LogP contribution in [0.1, 0.15) is 29.5 Å². The molecule has 3 aliphatic heterocycles. The lowest BCUT2D eigenvalue weighted by molar-refractivity contribution is -0.123. The number of carbonyl (C=O) groups excluding carboxylic acids is 1. The van der Waals surface area contributed by atoms with Gasteiger partial charge in [0.15, 0.2) is 0 Å². The Morgan fingerprint density at radius 1 is 1.14 bits per heavy atom. The van der Waals surface area contributed by atoms with Crippen molar-refractivity contribution in [2.24, 2.45) is 0 Å². The number of amides is 1. The fourth-order valence-corrected chi connectivity index (χ4v) is 6.17. The molecule has 3 aromatic rings. The highest BCUT2D eigenvalue weighted by Crippen LogP contribution is 2.35. The van der Waals surface area contributed by atoms with Crippen molar-refractivity contribution in [2.75, 3.05) is 24.6 Å². The monoisotopic (exact) mass is 504 g/mol. The first-order valence-electron chi connectivity index (χ1n) is 11.8. The summed E-state index contributed by atoms with van der Waals surface area (Å²) in [6.45, 7) is 2.57. The summed E-state index contributed by atoms with van der Waals surface area (Å²) in [5.41, 5.74) is 3.33. The normalized spacial score (nSPS) is 21.4. The van der Waals surface area contributed by atoms with E-state index in [-0.39, 0.29) is 17.6 Å². The van der Waals surface area contributed by atoms with Gasteiger partial charge in [-0.05, 0) is 48.6 Å². The number of thiocarbonyl (C=S) groups is 1. The molecular weight excluding hydrogens is 480 g/mol. The Labute approximate surface area is 212 Å². The largest absolute Gasteiger partial charge is 0.376 e. The predicted octanol–water partition coefficient (Wildman–Crippen LogP) is 3.64. The molecule has 0 radical (unpaired) electrons. The van der Waals surface area contributed by atoms with Crippen LogP contribution in [0.2, 0.25) is 0 Å². The molecule has 0 saturated carbocycles. The second-order valence-electron chi connectivity index (χ2n) is 8.95. The van der Waals surface area contributed by atoms with Crippen molar-refractivity contribution < 1.29 is 9.53 Å². The van der Waals surface area contributed by atoms with Crippen molar-refractivity contribution in [3.8, 4) is 0 Å². The smallest absolute Gasteiger partial charge is 0.267 e. The molecule has 0 aliphatic carbocycles. The minimum Gasteiger partial charge on any atom is -0.376 e. The summed E-state index contributed by atoms with van der Waals surface area (Å²) in [7, 11) is 0. The second kappa shape index (κ2) is 9.22. The molecule has 3 aliphatic rings. The molecule has 2 saturated heterocycles. The molecule has 7 nitrogen and oxygen atoms in total. The molecule has 2 aromatic heterocycles. The van der Waals surface area contributed by atoms with Crippen LogP contribution >= 0.6 is 24.0 Å². The summed E-state index contributed by atoms with van der Waals surface area (Å²) in [6, 6.07) is 13.9. The Hall–Kier alpha value is -3.01. The Bertz CT molecular complexity index is 1430. The first-order chi connectivity index (χ1) is 17.1. The zero-order valence-corrected chi connectivity index (χ0v) is 20.7. The van der Waals surface area contributed by atoms with Crippen LogP contribution in [0.5, 0.6) is 0 Å². The second-order valence-corrected chi connectivity index (χ2v) is 10.6. The number of anilines is 1. The van der Waals surface area contributed by atoms with Crippen molar-refractivity contribution in [1.82, 2.24) is 14.3 Å². The average Bonchev–Trinajstić information content (AvgIpc) is 3.49. The zero-order chi connectivity index (χ0) is 23.9. The summed E-state index contributed by atoms with van der Waals surface area (Å²) in [5, 5.41) is 0. The molecule has 0 unspecified atom stereocenters. The van der Waals surface area contributed by atoms with Crippen LogP contribution in [0.15, 0.2) is 58.4 Å². The predicted molar refractivity (Wildman–Crippen MR) is 142 cm³/mol. The zero-order valence-electron chi connectivity index (χ0n) is 19.1. The van der Waals surface area contributed by atoms with Crippen LogP contribution < -0.4 is 10.5 Å². The molecule has 0 spiro atoms. The number of aromatic nitrogens is 2. The Morgan fingerprint density at radius 3 is 2.80 bits per heavy atom. The van der Waals surface area contributed by atoms with Crippen LogP contribution in [-0.4, -0.2) is 50.3 Å². The van der Waals surface area contributed by atoms with Gasteiger partial charge < -0.3 is 9.64 Å². The molecule has 35 heavy (non-hydrogen) atoms. The number of pyridine rings is 1. The van der Waals surface area contributed by atoms with E-state index in [9.17, 15) is 9.59 Å². The molecule has 1 atom stereocenters. The minimum absolute atomic E-state index is 0.00814. The van der Waals surface area contributed by atoms with E-state index in [1.54, 1.807) is 23.2 Å². The molecule has 1 aromatic carbocycles. The van der Waals surface area contributed by atoms with Gasteiger partial charge in [-0.15, -0.1) is 0 Å². The fourth-order valence-electron chi connectivity index (χ4n) is 4.92. The number of ether oxygens (including phenoxy) is 1. The van der Waals surface area contributed by atoms with E-state index < -0.39 is 0 Å². The van der Waals surface area contributed by atoms with Gasteiger partial charge in [0.05, 0.1) is 23.1 Å². The summed E-state index contributed by atoms with van der Waals surface area (Å²) in [4.78, 5) is 36.0. The van der Waals surface area contributed by atoms with Crippen molar-refractivity contribution >= 4 is 51.7 Å². The summed E-state index contributed by atoms with van der Waals surface area (Å²) < 4.78 is 7.73. The molecule has 0 bridgehead atoms. The van der Waals surface area contributed by atoms with Gasteiger partial charge in [0.1, 0.15) is 15.8 Å². The van der Waals surface area contributed by atoms with Crippen LogP contribution in [-0.2, 0) is 22.5 Å². The summed E-state index contributed by atoms with van der Waals surface area (Å²) in [5.74, 6) is 0.420. The maximum atomic E-state index is 13.6. The summed E-state index contributed by atoms with van der Waals surface area (Å²) >= 11 is 6.76. The SMILES string of the molecule is O=C1/C(=C\c2c(N3CCc4ccccc4C3)nc3ccccn3c2=O)SC(=S)N1C[C@@H]1CCCO1. The maximum absolute atomic E-state index is 13.6. The first kappa shape index (κ1) is 22.5. The average molecular weight is 505 g/mol. The molecule has 9 heteroatoms. The van der Waals surface area contributed by atoms with Crippen LogP contribution in [0, 0.1) is 0 Å². The number of thioether (sulfide) groups is 1. The van der Waals surface area contributed by atoms with E-state index in [0.29, 0.717) is 39.3 Å². The molecule has 178 valence electrons. The van der Waals surface area contributed by atoms with E-state index in [2.05, 4.69) is 23.1 Å². The summed E-state index contributed by atoms with van der Waals surface area (Å²) in [6.07, 6.45) is 6.19. The fraction of sp³-hybridized carbons (Fsp3) is 0.308. The molecular formula is C26H24N4O3S2. The van der Waals surface area contributed by atoms with Gasteiger partial charge in [0.2, 0.25) is 0 Å². The molecule has 1 amide bonds. The van der Waals surface area contributed by atoms with Crippen molar-refractivity contribution in [2.45, 2.75) is 31.9 Å².